The summed E-state index contributed by atoms with van der Waals surface area (Å²) in [6.07, 6.45) is 0.562. The summed E-state index contributed by atoms with van der Waals surface area (Å²) in [6.45, 7) is 10.7. The molecule has 3 atom stereocenters. The summed E-state index contributed by atoms with van der Waals surface area (Å²) in [7, 11) is 0. The van der Waals surface area contributed by atoms with Crippen LogP contribution in [0.5, 0.6) is 0 Å². The Hall–Kier alpha value is -1.63. The first-order valence-electron chi connectivity index (χ1n) is 9.14. The maximum Gasteiger partial charge on any atom is 0.322 e. The Morgan fingerprint density at radius 3 is 2.56 bits per heavy atom. The third kappa shape index (κ3) is 4.93. The van der Waals surface area contributed by atoms with Gasteiger partial charge >= 0.3 is 6.03 Å². The zero-order valence-corrected chi connectivity index (χ0v) is 15.4. The van der Waals surface area contributed by atoms with E-state index in [0.29, 0.717) is 19.7 Å². The van der Waals surface area contributed by atoms with Crippen molar-refractivity contribution in [2.75, 3.05) is 38.1 Å². The Morgan fingerprint density at radius 2 is 1.84 bits per heavy atom. The van der Waals surface area contributed by atoms with Crippen molar-refractivity contribution in [2.45, 2.75) is 45.6 Å². The third-order valence-electron chi connectivity index (χ3n) is 4.68. The Bertz CT molecular complexity index is 585. The van der Waals surface area contributed by atoms with Crippen LogP contribution in [-0.2, 0) is 16.0 Å². The molecule has 6 nitrogen and oxygen atoms in total. The van der Waals surface area contributed by atoms with Crippen molar-refractivity contribution in [3.63, 3.8) is 0 Å². The van der Waals surface area contributed by atoms with Crippen molar-refractivity contribution in [3.05, 3.63) is 29.8 Å². The van der Waals surface area contributed by atoms with Crippen LogP contribution in [0.4, 0.5) is 10.5 Å². The average molecular weight is 347 g/mol. The van der Waals surface area contributed by atoms with Crippen molar-refractivity contribution in [2.24, 2.45) is 0 Å². The van der Waals surface area contributed by atoms with E-state index in [1.807, 2.05) is 30.0 Å². The molecule has 25 heavy (non-hydrogen) atoms. The zero-order chi connectivity index (χ0) is 17.8. The van der Waals surface area contributed by atoms with Gasteiger partial charge in [0.1, 0.15) is 0 Å². The molecular formula is C19H29N3O3. The summed E-state index contributed by atoms with van der Waals surface area (Å²) in [6, 6.07) is 8.00. The van der Waals surface area contributed by atoms with Crippen LogP contribution in [0, 0.1) is 0 Å². The van der Waals surface area contributed by atoms with Crippen LogP contribution in [-0.4, -0.2) is 66.9 Å². The van der Waals surface area contributed by atoms with Gasteiger partial charge in [0.15, 0.2) is 0 Å². The maximum atomic E-state index is 12.6. The fourth-order valence-corrected chi connectivity index (χ4v) is 3.63. The van der Waals surface area contributed by atoms with Crippen LogP contribution in [0.1, 0.15) is 26.3 Å². The second-order valence-electron chi connectivity index (χ2n) is 7.17. The van der Waals surface area contributed by atoms with Crippen LogP contribution in [0.3, 0.4) is 0 Å². The Labute approximate surface area is 150 Å². The summed E-state index contributed by atoms with van der Waals surface area (Å²) >= 11 is 0. The number of morpholine rings is 2. The number of hydrogen-bond donors (Lipinski definition) is 1. The van der Waals surface area contributed by atoms with Gasteiger partial charge < -0.3 is 19.7 Å². The molecule has 3 rings (SSSR count). The van der Waals surface area contributed by atoms with Crippen LogP contribution < -0.4 is 5.32 Å². The monoisotopic (exact) mass is 347 g/mol. The molecule has 2 amide bonds. The minimum atomic E-state index is -0.0497. The molecule has 0 aromatic heterocycles. The second-order valence-corrected chi connectivity index (χ2v) is 7.17. The van der Waals surface area contributed by atoms with Gasteiger partial charge in [-0.05, 0) is 32.4 Å². The van der Waals surface area contributed by atoms with E-state index in [1.54, 1.807) is 0 Å². The summed E-state index contributed by atoms with van der Waals surface area (Å²) < 4.78 is 11.3. The predicted molar refractivity (Wildman–Crippen MR) is 97.7 cm³/mol. The van der Waals surface area contributed by atoms with Crippen LogP contribution in [0.25, 0.3) is 0 Å². The number of hydrogen-bond acceptors (Lipinski definition) is 4. The number of carbonyl (C=O) groups excluding carboxylic acids is 1. The minimum absolute atomic E-state index is 0.0497. The average Bonchev–Trinajstić information content (AvgIpc) is 2.55. The van der Waals surface area contributed by atoms with Gasteiger partial charge in [-0.1, -0.05) is 18.2 Å². The molecule has 1 N–H and O–H groups in total. The summed E-state index contributed by atoms with van der Waals surface area (Å²) in [4.78, 5) is 16.8. The lowest BCUT2D eigenvalue weighted by Gasteiger charge is -2.35. The summed E-state index contributed by atoms with van der Waals surface area (Å²) in [5.74, 6) is 0. The van der Waals surface area contributed by atoms with Crippen LogP contribution in [0.15, 0.2) is 24.3 Å². The number of ether oxygens (including phenoxy) is 2. The molecule has 2 aliphatic rings. The number of carbonyl (C=O) groups is 1. The molecule has 2 fully saturated rings. The number of nitrogens with zero attached hydrogens (tertiary/aromatic N) is 2. The van der Waals surface area contributed by atoms with Crippen LogP contribution >= 0.6 is 0 Å². The molecule has 1 aromatic carbocycles. The Kier molecular flexibility index (Phi) is 5.93. The zero-order valence-electron chi connectivity index (χ0n) is 15.4. The first kappa shape index (κ1) is 18.2. The summed E-state index contributed by atoms with van der Waals surface area (Å²) in [5.41, 5.74) is 2.02. The molecule has 0 bridgehead atoms. The standard InChI is InChI=1S/C19H29N3O3/c1-14-12-22(8-9-24-14)19(23)20-18-7-5-4-6-17(18)13-21-10-15(2)25-16(3)11-21/h4-7,14-16H,8-13H2,1-3H3,(H,20,23)/t14-,15+,16+/m1/s1. The number of benzene rings is 1. The number of anilines is 1. The lowest BCUT2D eigenvalue weighted by Crippen LogP contribution is -2.46. The van der Waals surface area contributed by atoms with E-state index in [1.165, 1.54) is 0 Å². The van der Waals surface area contributed by atoms with E-state index >= 15 is 0 Å². The van der Waals surface area contributed by atoms with E-state index in [2.05, 4.69) is 30.1 Å². The molecular weight excluding hydrogens is 318 g/mol. The molecule has 0 saturated carbocycles. The summed E-state index contributed by atoms with van der Waals surface area (Å²) in [5, 5.41) is 3.09. The topological polar surface area (TPSA) is 54.0 Å². The number of rotatable bonds is 3. The fourth-order valence-electron chi connectivity index (χ4n) is 3.63. The molecule has 0 unspecified atom stereocenters. The molecule has 2 aliphatic heterocycles. The van der Waals surface area contributed by atoms with Crippen molar-refractivity contribution in [3.8, 4) is 0 Å². The van der Waals surface area contributed by atoms with E-state index in [-0.39, 0.29) is 24.3 Å². The molecule has 138 valence electrons. The molecule has 2 saturated heterocycles. The highest BCUT2D eigenvalue weighted by Gasteiger charge is 2.24. The van der Waals surface area contributed by atoms with E-state index < -0.39 is 0 Å². The Morgan fingerprint density at radius 1 is 1.12 bits per heavy atom. The van der Waals surface area contributed by atoms with Gasteiger partial charge in [0, 0.05) is 38.4 Å². The van der Waals surface area contributed by atoms with Gasteiger partial charge in [-0.15, -0.1) is 0 Å². The molecule has 2 heterocycles. The predicted octanol–water partition coefficient (Wildman–Crippen LogP) is 2.55. The molecule has 6 heteroatoms. The fraction of sp³-hybridized carbons (Fsp3) is 0.632. The van der Waals surface area contributed by atoms with Gasteiger partial charge in [0.05, 0.1) is 24.9 Å². The van der Waals surface area contributed by atoms with E-state index in [9.17, 15) is 4.79 Å². The highest BCUT2D eigenvalue weighted by atomic mass is 16.5. The second kappa shape index (κ2) is 8.17. The highest BCUT2D eigenvalue weighted by molar-refractivity contribution is 5.90. The molecule has 0 aliphatic carbocycles. The normalized spacial score (nSPS) is 28.0. The van der Waals surface area contributed by atoms with Crippen molar-refractivity contribution in [1.29, 1.82) is 0 Å². The van der Waals surface area contributed by atoms with E-state index in [4.69, 9.17) is 9.47 Å². The number of para-hydroxylation sites is 1. The Balaban J connectivity index is 1.65. The number of urea groups is 1. The minimum Gasteiger partial charge on any atom is -0.375 e. The molecule has 1 aromatic rings. The lowest BCUT2D eigenvalue weighted by molar-refractivity contribution is -0.0704. The molecule has 0 spiro atoms. The first-order valence-corrected chi connectivity index (χ1v) is 9.14. The largest absolute Gasteiger partial charge is 0.375 e. The van der Waals surface area contributed by atoms with Crippen molar-refractivity contribution < 1.29 is 14.3 Å². The smallest absolute Gasteiger partial charge is 0.322 e. The van der Waals surface area contributed by atoms with Gasteiger partial charge in [0.2, 0.25) is 0 Å². The van der Waals surface area contributed by atoms with Gasteiger partial charge in [-0.3, -0.25) is 4.90 Å². The van der Waals surface area contributed by atoms with Gasteiger partial charge in [0.25, 0.3) is 0 Å². The highest BCUT2D eigenvalue weighted by Crippen LogP contribution is 2.21. The SMILES string of the molecule is C[C@@H]1CN(C(=O)Nc2ccccc2CN2C[C@H](C)O[C@@H](C)C2)CCO1. The number of nitrogens with one attached hydrogen (secondary N) is 1. The first-order chi connectivity index (χ1) is 12.0. The van der Waals surface area contributed by atoms with Crippen molar-refractivity contribution in [1.82, 2.24) is 9.80 Å². The van der Waals surface area contributed by atoms with Gasteiger partial charge in [-0.2, -0.15) is 0 Å². The van der Waals surface area contributed by atoms with Gasteiger partial charge in [-0.25, -0.2) is 4.79 Å². The quantitative estimate of drug-likeness (QED) is 0.913. The van der Waals surface area contributed by atoms with Crippen LogP contribution in [0.2, 0.25) is 0 Å². The van der Waals surface area contributed by atoms with E-state index in [0.717, 1.165) is 30.9 Å². The lowest BCUT2D eigenvalue weighted by atomic mass is 10.1. The number of amides is 2. The molecule has 0 radical (unpaired) electrons. The third-order valence-corrected chi connectivity index (χ3v) is 4.68. The van der Waals surface area contributed by atoms with Crippen molar-refractivity contribution >= 4 is 11.7 Å². The maximum absolute atomic E-state index is 12.6.